The highest BCUT2D eigenvalue weighted by molar-refractivity contribution is 6.22. The average molecular weight is 189 g/mol. The van der Waals surface area contributed by atoms with E-state index in [4.69, 9.17) is 16.9 Å². The molecule has 3 unspecified atom stereocenters. The summed E-state index contributed by atoms with van der Waals surface area (Å²) in [7, 11) is 1.35. The Hall–Kier alpha value is -0.790. The number of halogens is 1. The van der Waals surface area contributed by atoms with Gasteiger partial charge in [-0.2, -0.15) is 5.26 Å². The van der Waals surface area contributed by atoms with E-state index < -0.39 is 5.38 Å². The molecule has 0 radical (unpaired) electrons. The van der Waals surface area contributed by atoms with Gasteiger partial charge in [-0.25, -0.2) is 0 Å². The third-order valence-electron chi connectivity index (χ3n) is 1.72. The molecule has 1 rings (SSSR count). The van der Waals surface area contributed by atoms with Crippen molar-refractivity contribution in [2.75, 3.05) is 20.2 Å². The summed E-state index contributed by atoms with van der Waals surface area (Å²) < 4.78 is 4.51. The van der Waals surface area contributed by atoms with Crippen molar-refractivity contribution in [3.05, 3.63) is 0 Å². The van der Waals surface area contributed by atoms with Crippen LogP contribution in [-0.2, 0) is 9.53 Å². The van der Waals surface area contributed by atoms with Gasteiger partial charge in [-0.3, -0.25) is 9.69 Å². The van der Waals surface area contributed by atoms with Crippen molar-refractivity contribution < 1.29 is 9.53 Å². The highest BCUT2D eigenvalue weighted by Gasteiger charge is 2.41. The Morgan fingerprint density at radius 2 is 2.67 bits per heavy atom. The molecule has 1 saturated heterocycles. The number of hydrogen-bond acceptors (Lipinski definition) is 4. The summed E-state index contributed by atoms with van der Waals surface area (Å²) in [5.41, 5.74) is 0. The maximum absolute atomic E-state index is 10.9. The van der Waals surface area contributed by atoms with E-state index in [-0.39, 0.29) is 12.0 Å². The number of hydrogen-bond donors (Lipinski definition) is 0. The molecule has 0 spiro atoms. The average Bonchev–Trinajstić information content (AvgIpc) is 2.82. The van der Waals surface area contributed by atoms with Crippen LogP contribution >= 0.6 is 11.6 Å². The lowest BCUT2D eigenvalue weighted by molar-refractivity contribution is -0.140. The van der Waals surface area contributed by atoms with Crippen LogP contribution in [0.3, 0.4) is 0 Å². The van der Waals surface area contributed by atoms with Crippen molar-refractivity contribution in [1.82, 2.24) is 4.90 Å². The van der Waals surface area contributed by atoms with Crippen LogP contribution in [0.15, 0.2) is 0 Å². The van der Waals surface area contributed by atoms with Crippen molar-refractivity contribution in [2.24, 2.45) is 0 Å². The predicted octanol–water partition coefficient (Wildman–Crippen LogP) is -0.0254. The molecule has 0 aromatic rings. The van der Waals surface area contributed by atoms with Crippen LogP contribution in [0.5, 0.6) is 0 Å². The molecule has 0 amide bonds. The standard InChI is InChI=1S/C7H9ClN2O2/c1-12-7(11)6-4-10(6)3-5(8)2-9/h5-6H,3-4H2,1H3. The number of methoxy groups -OCH3 is 1. The summed E-state index contributed by atoms with van der Waals surface area (Å²) in [6.45, 7) is 1.08. The zero-order chi connectivity index (χ0) is 9.14. The van der Waals surface area contributed by atoms with Gasteiger partial charge in [-0.15, -0.1) is 11.6 Å². The van der Waals surface area contributed by atoms with Crippen molar-refractivity contribution >= 4 is 17.6 Å². The van der Waals surface area contributed by atoms with Gasteiger partial charge in [0.2, 0.25) is 0 Å². The minimum absolute atomic E-state index is 0.176. The van der Waals surface area contributed by atoms with E-state index in [0.717, 1.165) is 0 Å². The number of alkyl halides is 1. The molecule has 66 valence electrons. The molecular formula is C7H9ClN2O2. The molecule has 0 bridgehead atoms. The summed E-state index contributed by atoms with van der Waals surface area (Å²) in [5, 5.41) is 7.83. The van der Waals surface area contributed by atoms with Gasteiger partial charge < -0.3 is 4.74 Å². The fourth-order valence-electron chi connectivity index (χ4n) is 0.983. The summed E-state index contributed by atoms with van der Waals surface area (Å²) in [5.74, 6) is -0.253. The van der Waals surface area contributed by atoms with Gasteiger partial charge >= 0.3 is 5.97 Å². The summed E-state index contributed by atoms with van der Waals surface area (Å²) in [4.78, 5) is 12.7. The van der Waals surface area contributed by atoms with Gasteiger partial charge in [0.15, 0.2) is 0 Å². The Labute approximate surface area is 75.7 Å². The Kier molecular flexibility index (Phi) is 2.90. The zero-order valence-corrected chi connectivity index (χ0v) is 7.41. The first-order valence-corrected chi connectivity index (χ1v) is 3.98. The Bertz CT molecular complexity index is 226. The summed E-state index contributed by atoms with van der Waals surface area (Å²) in [6, 6.07) is 1.71. The smallest absolute Gasteiger partial charge is 0.324 e. The summed E-state index contributed by atoms with van der Waals surface area (Å²) in [6.07, 6.45) is 0. The third-order valence-corrected chi connectivity index (χ3v) is 1.96. The van der Waals surface area contributed by atoms with Crippen LogP contribution < -0.4 is 0 Å². The third kappa shape index (κ3) is 2.10. The molecule has 5 heteroatoms. The first-order chi connectivity index (χ1) is 5.69. The van der Waals surface area contributed by atoms with E-state index in [1.807, 2.05) is 6.07 Å². The number of rotatable bonds is 3. The van der Waals surface area contributed by atoms with Crippen LogP contribution in [0.2, 0.25) is 0 Å². The highest BCUT2D eigenvalue weighted by atomic mass is 35.5. The van der Waals surface area contributed by atoms with Crippen LogP contribution in [0.25, 0.3) is 0 Å². The quantitative estimate of drug-likeness (QED) is 0.355. The minimum Gasteiger partial charge on any atom is -0.468 e. The maximum atomic E-state index is 10.9. The minimum atomic E-state index is -0.542. The number of nitriles is 1. The van der Waals surface area contributed by atoms with Crippen LogP contribution in [0, 0.1) is 11.3 Å². The maximum Gasteiger partial charge on any atom is 0.324 e. The topological polar surface area (TPSA) is 53.1 Å². The number of esters is 1. The molecule has 0 aromatic carbocycles. The number of carbonyl (C=O) groups excluding carboxylic acids is 1. The predicted molar refractivity (Wildman–Crippen MR) is 42.6 cm³/mol. The largest absolute Gasteiger partial charge is 0.468 e. The van der Waals surface area contributed by atoms with Crippen LogP contribution in [0.4, 0.5) is 0 Å². The molecule has 0 saturated carbocycles. The van der Waals surface area contributed by atoms with Crippen molar-refractivity contribution in [3.63, 3.8) is 0 Å². The molecule has 0 aliphatic carbocycles. The molecular weight excluding hydrogens is 180 g/mol. The van der Waals surface area contributed by atoms with E-state index in [0.29, 0.717) is 13.1 Å². The first kappa shape index (κ1) is 9.30. The Morgan fingerprint density at radius 1 is 2.00 bits per heavy atom. The lowest BCUT2D eigenvalue weighted by atomic mass is 10.4. The second-order valence-corrected chi connectivity index (χ2v) is 3.12. The Morgan fingerprint density at radius 3 is 3.17 bits per heavy atom. The van der Waals surface area contributed by atoms with Gasteiger partial charge in [0.05, 0.1) is 13.2 Å². The monoisotopic (exact) mass is 188 g/mol. The molecule has 1 heterocycles. The van der Waals surface area contributed by atoms with E-state index in [2.05, 4.69) is 4.74 Å². The SMILES string of the molecule is COC(=O)C1CN1CC(Cl)C#N. The fourth-order valence-corrected chi connectivity index (χ4v) is 1.16. The lowest BCUT2D eigenvalue weighted by Gasteiger charge is -2.01. The van der Waals surface area contributed by atoms with Gasteiger partial charge in [0.25, 0.3) is 0 Å². The van der Waals surface area contributed by atoms with Gasteiger partial charge in [0, 0.05) is 13.1 Å². The first-order valence-electron chi connectivity index (χ1n) is 3.54. The summed E-state index contributed by atoms with van der Waals surface area (Å²) >= 11 is 5.56. The van der Waals surface area contributed by atoms with Crippen molar-refractivity contribution in [1.29, 1.82) is 5.26 Å². The molecule has 4 nitrogen and oxygen atoms in total. The van der Waals surface area contributed by atoms with Gasteiger partial charge in [-0.1, -0.05) is 0 Å². The van der Waals surface area contributed by atoms with E-state index in [9.17, 15) is 4.79 Å². The van der Waals surface area contributed by atoms with Crippen LogP contribution in [0.1, 0.15) is 0 Å². The molecule has 1 aliphatic heterocycles. The Balaban J connectivity index is 2.25. The second-order valence-electron chi connectivity index (χ2n) is 2.59. The number of nitrogens with zero attached hydrogens (tertiary/aromatic N) is 2. The zero-order valence-electron chi connectivity index (χ0n) is 6.66. The highest BCUT2D eigenvalue weighted by Crippen LogP contribution is 2.19. The molecule has 3 atom stereocenters. The van der Waals surface area contributed by atoms with E-state index in [1.54, 1.807) is 4.90 Å². The molecule has 0 aromatic heterocycles. The molecule has 0 N–H and O–H groups in total. The normalized spacial score (nSPS) is 28.8. The second kappa shape index (κ2) is 3.74. The number of carbonyl (C=O) groups is 1. The molecule has 12 heavy (non-hydrogen) atoms. The van der Waals surface area contributed by atoms with Crippen LogP contribution in [-0.4, -0.2) is 42.5 Å². The van der Waals surface area contributed by atoms with Gasteiger partial charge in [-0.05, 0) is 0 Å². The molecule has 1 aliphatic rings. The van der Waals surface area contributed by atoms with Gasteiger partial charge in [0.1, 0.15) is 11.4 Å². The van der Waals surface area contributed by atoms with E-state index in [1.165, 1.54) is 7.11 Å². The van der Waals surface area contributed by atoms with E-state index >= 15 is 0 Å². The van der Waals surface area contributed by atoms with Crippen molar-refractivity contribution in [3.8, 4) is 6.07 Å². The lowest BCUT2D eigenvalue weighted by Crippen LogP contribution is -2.19. The number of ether oxygens (including phenoxy) is 1. The fraction of sp³-hybridized carbons (Fsp3) is 0.714. The molecule has 1 fully saturated rings. The van der Waals surface area contributed by atoms with Crippen molar-refractivity contribution in [2.45, 2.75) is 11.4 Å².